The highest BCUT2D eigenvalue weighted by molar-refractivity contribution is 5.69. The van der Waals surface area contributed by atoms with Crippen LogP contribution in [0.15, 0.2) is 37.1 Å². The van der Waals surface area contributed by atoms with Gasteiger partial charge in [0.1, 0.15) is 6.61 Å². The number of hydrogen-bond acceptors (Lipinski definition) is 4. The fourth-order valence-corrected chi connectivity index (χ4v) is 1.20. The molecule has 0 spiro atoms. The SMILES string of the molecule is C=CCOCCCC(=O)OCc1ccccn1. The predicted octanol–water partition coefficient (Wildman–Crippen LogP) is 2.11. The third-order valence-electron chi connectivity index (χ3n) is 2.01. The summed E-state index contributed by atoms with van der Waals surface area (Å²) < 4.78 is 10.2. The maximum atomic E-state index is 11.3. The number of carbonyl (C=O) groups is 1. The van der Waals surface area contributed by atoms with Crippen molar-refractivity contribution in [3.63, 3.8) is 0 Å². The monoisotopic (exact) mass is 235 g/mol. The summed E-state index contributed by atoms with van der Waals surface area (Å²) in [7, 11) is 0. The number of hydrogen-bond donors (Lipinski definition) is 0. The van der Waals surface area contributed by atoms with Crippen molar-refractivity contribution in [1.29, 1.82) is 0 Å². The van der Waals surface area contributed by atoms with Crippen LogP contribution in [0.3, 0.4) is 0 Å². The molecule has 0 saturated carbocycles. The lowest BCUT2D eigenvalue weighted by atomic mass is 10.3. The molecular formula is C13H17NO3. The van der Waals surface area contributed by atoms with Crippen LogP contribution >= 0.6 is 0 Å². The van der Waals surface area contributed by atoms with Crippen LogP contribution in [-0.2, 0) is 20.9 Å². The highest BCUT2D eigenvalue weighted by Crippen LogP contribution is 1.99. The largest absolute Gasteiger partial charge is 0.459 e. The van der Waals surface area contributed by atoms with E-state index in [4.69, 9.17) is 9.47 Å². The molecular weight excluding hydrogens is 218 g/mol. The number of carbonyl (C=O) groups excluding carboxylic acids is 1. The minimum Gasteiger partial charge on any atom is -0.459 e. The summed E-state index contributed by atoms with van der Waals surface area (Å²) >= 11 is 0. The normalized spacial score (nSPS) is 9.88. The van der Waals surface area contributed by atoms with E-state index in [2.05, 4.69) is 11.6 Å². The van der Waals surface area contributed by atoms with E-state index in [0.717, 1.165) is 5.69 Å². The molecule has 0 atom stereocenters. The first-order chi connectivity index (χ1) is 8.33. The van der Waals surface area contributed by atoms with Gasteiger partial charge in [0.15, 0.2) is 0 Å². The second-order valence-electron chi connectivity index (χ2n) is 3.45. The van der Waals surface area contributed by atoms with Crippen molar-refractivity contribution >= 4 is 5.97 Å². The average molecular weight is 235 g/mol. The summed E-state index contributed by atoms with van der Waals surface area (Å²) in [5.74, 6) is -0.224. The Morgan fingerprint density at radius 2 is 2.35 bits per heavy atom. The van der Waals surface area contributed by atoms with E-state index in [1.165, 1.54) is 0 Å². The maximum Gasteiger partial charge on any atom is 0.306 e. The molecule has 0 saturated heterocycles. The molecule has 0 fully saturated rings. The van der Waals surface area contributed by atoms with Crippen LogP contribution in [0.1, 0.15) is 18.5 Å². The standard InChI is InChI=1S/C13H17NO3/c1-2-9-16-10-5-7-13(15)17-11-12-6-3-4-8-14-12/h2-4,6,8H,1,5,7,9-11H2. The summed E-state index contributed by atoms with van der Waals surface area (Å²) in [6.07, 6.45) is 4.38. The molecule has 4 nitrogen and oxygen atoms in total. The summed E-state index contributed by atoms with van der Waals surface area (Å²) in [5, 5.41) is 0. The van der Waals surface area contributed by atoms with Gasteiger partial charge in [-0.05, 0) is 18.6 Å². The van der Waals surface area contributed by atoms with Gasteiger partial charge in [-0.2, -0.15) is 0 Å². The Morgan fingerprint density at radius 1 is 1.47 bits per heavy atom. The van der Waals surface area contributed by atoms with Crippen LogP contribution in [-0.4, -0.2) is 24.2 Å². The van der Waals surface area contributed by atoms with Gasteiger partial charge in [0.25, 0.3) is 0 Å². The van der Waals surface area contributed by atoms with E-state index in [1.54, 1.807) is 12.3 Å². The van der Waals surface area contributed by atoms with E-state index >= 15 is 0 Å². The zero-order valence-corrected chi connectivity index (χ0v) is 9.80. The number of rotatable bonds is 8. The van der Waals surface area contributed by atoms with Gasteiger partial charge in [0.2, 0.25) is 0 Å². The quantitative estimate of drug-likeness (QED) is 0.393. The zero-order chi connectivity index (χ0) is 12.3. The Morgan fingerprint density at radius 3 is 3.06 bits per heavy atom. The molecule has 0 unspecified atom stereocenters. The molecule has 0 bridgehead atoms. The summed E-state index contributed by atoms with van der Waals surface area (Å²) in [4.78, 5) is 15.4. The van der Waals surface area contributed by atoms with Crippen LogP contribution in [0.5, 0.6) is 0 Å². The Balaban J connectivity index is 2.07. The number of pyridine rings is 1. The second kappa shape index (κ2) is 8.47. The van der Waals surface area contributed by atoms with Crippen molar-refractivity contribution in [3.8, 4) is 0 Å². The molecule has 1 rings (SSSR count). The van der Waals surface area contributed by atoms with E-state index in [0.29, 0.717) is 26.1 Å². The van der Waals surface area contributed by atoms with Crippen LogP contribution < -0.4 is 0 Å². The molecule has 0 aliphatic rings. The summed E-state index contributed by atoms with van der Waals surface area (Å²) in [6, 6.07) is 5.50. The molecule has 0 aromatic carbocycles. The molecule has 92 valence electrons. The van der Waals surface area contributed by atoms with Gasteiger partial charge in [-0.25, -0.2) is 0 Å². The van der Waals surface area contributed by atoms with Crippen molar-refractivity contribution in [2.24, 2.45) is 0 Å². The van der Waals surface area contributed by atoms with Crippen LogP contribution in [0.2, 0.25) is 0 Å². The number of ether oxygens (including phenoxy) is 2. The number of esters is 1. The van der Waals surface area contributed by atoms with Crippen LogP contribution in [0, 0.1) is 0 Å². The average Bonchev–Trinajstić information content (AvgIpc) is 2.37. The second-order valence-corrected chi connectivity index (χ2v) is 3.45. The lowest BCUT2D eigenvalue weighted by Gasteiger charge is -2.04. The molecule has 1 heterocycles. The molecule has 1 aromatic heterocycles. The van der Waals surface area contributed by atoms with Gasteiger partial charge >= 0.3 is 5.97 Å². The molecule has 0 radical (unpaired) electrons. The molecule has 17 heavy (non-hydrogen) atoms. The summed E-state index contributed by atoms with van der Waals surface area (Å²) in [5.41, 5.74) is 0.753. The summed E-state index contributed by atoms with van der Waals surface area (Å²) in [6.45, 7) is 4.83. The fourth-order valence-electron chi connectivity index (χ4n) is 1.20. The number of aromatic nitrogens is 1. The third-order valence-corrected chi connectivity index (χ3v) is 2.01. The minimum atomic E-state index is -0.224. The zero-order valence-electron chi connectivity index (χ0n) is 9.80. The van der Waals surface area contributed by atoms with Crippen molar-refractivity contribution in [1.82, 2.24) is 4.98 Å². The maximum absolute atomic E-state index is 11.3. The van der Waals surface area contributed by atoms with Crippen molar-refractivity contribution in [2.75, 3.05) is 13.2 Å². The van der Waals surface area contributed by atoms with Gasteiger partial charge in [0, 0.05) is 19.2 Å². The highest BCUT2D eigenvalue weighted by atomic mass is 16.5. The topological polar surface area (TPSA) is 48.4 Å². The highest BCUT2D eigenvalue weighted by Gasteiger charge is 2.03. The van der Waals surface area contributed by atoms with Gasteiger partial charge < -0.3 is 9.47 Å². The van der Waals surface area contributed by atoms with E-state index in [9.17, 15) is 4.79 Å². The lowest BCUT2D eigenvalue weighted by molar-refractivity contribution is -0.145. The first-order valence-electron chi connectivity index (χ1n) is 5.57. The molecule has 0 aliphatic carbocycles. The first-order valence-corrected chi connectivity index (χ1v) is 5.57. The minimum absolute atomic E-state index is 0.224. The Labute approximate surface area is 101 Å². The van der Waals surface area contributed by atoms with E-state index in [-0.39, 0.29) is 12.6 Å². The molecule has 1 aromatic rings. The van der Waals surface area contributed by atoms with E-state index < -0.39 is 0 Å². The fraction of sp³-hybridized carbons (Fsp3) is 0.385. The molecule has 0 amide bonds. The van der Waals surface area contributed by atoms with Crippen molar-refractivity contribution in [2.45, 2.75) is 19.4 Å². The smallest absolute Gasteiger partial charge is 0.306 e. The van der Waals surface area contributed by atoms with Gasteiger partial charge in [-0.15, -0.1) is 6.58 Å². The molecule has 4 heteroatoms. The van der Waals surface area contributed by atoms with Gasteiger partial charge in [-0.1, -0.05) is 12.1 Å². The predicted molar refractivity (Wildman–Crippen MR) is 64.3 cm³/mol. The van der Waals surface area contributed by atoms with Gasteiger partial charge in [-0.3, -0.25) is 9.78 Å². The Kier molecular flexibility index (Phi) is 6.67. The van der Waals surface area contributed by atoms with Crippen molar-refractivity contribution in [3.05, 3.63) is 42.7 Å². The third kappa shape index (κ3) is 6.48. The van der Waals surface area contributed by atoms with Crippen LogP contribution in [0.4, 0.5) is 0 Å². The molecule has 0 N–H and O–H groups in total. The Hall–Kier alpha value is -1.68. The van der Waals surface area contributed by atoms with Crippen molar-refractivity contribution < 1.29 is 14.3 Å². The van der Waals surface area contributed by atoms with Crippen LogP contribution in [0.25, 0.3) is 0 Å². The van der Waals surface area contributed by atoms with Gasteiger partial charge in [0.05, 0.1) is 12.3 Å². The Bertz CT molecular complexity index is 338. The molecule has 0 aliphatic heterocycles. The lowest BCUT2D eigenvalue weighted by Crippen LogP contribution is -2.07. The van der Waals surface area contributed by atoms with E-state index in [1.807, 2.05) is 18.2 Å². The number of nitrogens with zero attached hydrogens (tertiary/aromatic N) is 1. The first kappa shape index (κ1) is 13.4.